The van der Waals surface area contributed by atoms with Gasteiger partial charge >= 0.3 is 5.97 Å². The fourth-order valence-corrected chi connectivity index (χ4v) is 5.83. The minimum Gasteiger partial charge on any atom is -0.457 e. The molecule has 1 aliphatic heterocycles. The summed E-state index contributed by atoms with van der Waals surface area (Å²) in [6, 6.07) is 9.75. The van der Waals surface area contributed by atoms with Crippen molar-refractivity contribution in [2.45, 2.75) is 37.0 Å². The Labute approximate surface area is 163 Å². The average Bonchev–Trinajstić information content (AvgIpc) is 3.36. The summed E-state index contributed by atoms with van der Waals surface area (Å²) < 4.78 is 5.23. The lowest BCUT2D eigenvalue weighted by Crippen LogP contribution is -2.22. The summed E-state index contributed by atoms with van der Waals surface area (Å²) in [5.41, 5.74) is 1.01. The van der Waals surface area contributed by atoms with Gasteiger partial charge in [-0.05, 0) is 49.1 Å². The standard InChI is InChI=1S/C21H22N2O3S/c1-23-17-4-2-3-5-19(17)27-21(23)16(11-22)18(24)12-26-20(25)10-15-9-13-6-7-14(15)8-13/h2-5,13-15H,6-10,12H2,1H3/b21-16-/t13-,14+,15-/m0/s1. The number of ether oxygens (including phenoxy) is 1. The Balaban J connectivity index is 1.37. The number of fused-ring (bicyclic) bond motifs is 3. The number of nitrogens with zero attached hydrogens (tertiary/aromatic N) is 2. The predicted octanol–water partition coefficient (Wildman–Crippen LogP) is 3.90. The van der Waals surface area contributed by atoms with Crippen LogP contribution in [0.3, 0.4) is 0 Å². The number of Topliss-reactive ketones (excluding diaryl/α,β-unsaturated/α-hetero) is 1. The van der Waals surface area contributed by atoms with E-state index in [0.29, 0.717) is 23.3 Å². The highest BCUT2D eigenvalue weighted by Crippen LogP contribution is 2.49. The molecule has 1 aromatic carbocycles. The van der Waals surface area contributed by atoms with Crippen LogP contribution in [-0.4, -0.2) is 25.4 Å². The van der Waals surface area contributed by atoms with Gasteiger partial charge in [-0.1, -0.05) is 30.3 Å². The van der Waals surface area contributed by atoms with Crippen LogP contribution >= 0.6 is 11.8 Å². The second-order valence-electron chi connectivity index (χ2n) is 7.64. The summed E-state index contributed by atoms with van der Waals surface area (Å²) in [6.45, 7) is -0.364. The fourth-order valence-electron chi connectivity index (χ4n) is 4.67. The fraction of sp³-hybridized carbons (Fsp3) is 0.476. The van der Waals surface area contributed by atoms with Crippen molar-refractivity contribution < 1.29 is 14.3 Å². The number of hydrogen-bond donors (Lipinski definition) is 0. The van der Waals surface area contributed by atoms with E-state index in [2.05, 4.69) is 0 Å². The van der Waals surface area contributed by atoms with Crippen LogP contribution in [0.1, 0.15) is 32.1 Å². The molecule has 1 heterocycles. The molecule has 3 atom stereocenters. The quantitative estimate of drug-likeness (QED) is 0.437. The molecule has 0 N–H and O–H groups in total. The predicted molar refractivity (Wildman–Crippen MR) is 103 cm³/mol. The first kappa shape index (κ1) is 18.1. The van der Waals surface area contributed by atoms with Crippen molar-refractivity contribution >= 4 is 29.2 Å². The van der Waals surface area contributed by atoms with E-state index < -0.39 is 5.78 Å². The van der Waals surface area contributed by atoms with E-state index in [9.17, 15) is 14.9 Å². The van der Waals surface area contributed by atoms with Crippen LogP contribution in [0.4, 0.5) is 5.69 Å². The second-order valence-corrected chi connectivity index (χ2v) is 8.67. The molecule has 27 heavy (non-hydrogen) atoms. The summed E-state index contributed by atoms with van der Waals surface area (Å²) >= 11 is 1.40. The van der Waals surface area contributed by atoms with Crippen molar-refractivity contribution in [1.82, 2.24) is 0 Å². The summed E-state index contributed by atoms with van der Waals surface area (Å²) in [5, 5.41) is 10.1. The van der Waals surface area contributed by atoms with E-state index in [4.69, 9.17) is 4.74 Å². The maximum Gasteiger partial charge on any atom is 0.306 e. The summed E-state index contributed by atoms with van der Waals surface area (Å²) in [5.74, 6) is 1.07. The first-order valence-corrected chi connectivity index (χ1v) is 10.2. The van der Waals surface area contributed by atoms with Gasteiger partial charge in [-0.15, -0.1) is 0 Å². The Hall–Kier alpha value is -2.26. The van der Waals surface area contributed by atoms with E-state index >= 15 is 0 Å². The Kier molecular flexibility index (Phi) is 4.96. The Morgan fingerprint density at radius 1 is 1.30 bits per heavy atom. The third-order valence-electron chi connectivity index (χ3n) is 6.02. The highest BCUT2D eigenvalue weighted by Gasteiger charge is 2.40. The molecule has 0 aromatic heterocycles. The van der Waals surface area contributed by atoms with Crippen LogP contribution in [0.5, 0.6) is 0 Å². The monoisotopic (exact) mass is 382 g/mol. The first-order valence-electron chi connectivity index (χ1n) is 9.40. The highest BCUT2D eigenvalue weighted by molar-refractivity contribution is 8.03. The number of rotatable bonds is 5. The van der Waals surface area contributed by atoms with Crippen molar-refractivity contribution in [3.63, 3.8) is 0 Å². The lowest BCUT2D eigenvalue weighted by Gasteiger charge is -2.20. The number of hydrogen-bond acceptors (Lipinski definition) is 6. The van der Waals surface area contributed by atoms with Gasteiger partial charge in [0.2, 0.25) is 5.78 Å². The zero-order valence-corrected chi connectivity index (χ0v) is 16.1. The number of anilines is 1. The number of carbonyl (C=O) groups excluding carboxylic acids is 2. The second kappa shape index (κ2) is 7.40. The van der Waals surface area contributed by atoms with Crippen molar-refractivity contribution in [1.29, 1.82) is 5.26 Å². The smallest absolute Gasteiger partial charge is 0.306 e. The van der Waals surface area contributed by atoms with Crippen LogP contribution in [0.2, 0.25) is 0 Å². The average molecular weight is 382 g/mol. The molecule has 0 spiro atoms. The minimum atomic E-state index is -0.444. The zero-order valence-electron chi connectivity index (χ0n) is 15.3. The summed E-state index contributed by atoms with van der Waals surface area (Å²) in [4.78, 5) is 27.5. The molecule has 0 saturated heterocycles. The molecule has 4 rings (SSSR count). The molecule has 0 radical (unpaired) electrons. The maximum atomic E-state index is 12.5. The molecule has 140 valence electrons. The Bertz CT molecular complexity index is 857. The minimum absolute atomic E-state index is 0.0476. The van der Waals surface area contributed by atoms with Crippen LogP contribution in [0, 0.1) is 29.1 Å². The maximum absolute atomic E-state index is 12.5. The summed E-state index contributed by atoms with van der Waals surface area (Å²) in [6.07, 6.45) is 5.26. The first-order chi connectivity index (χ1) is 13.1. The molecular formula is C21H22N2O3S. The Morgan fingerprint density at radius 3 is 2.78 bits per heavy atom. The van der Waals surface area contributed by atoms with Gasteiger partial charge in [0.1, 0.15) is 16.7 Å². The van der Waals surface area contributed by atoms with Gasteiger partial charge in [-0.3, -0.25) is 9.59 Å². The van der Waals surface area contributed by atoms with Gasteiger partial charge in [-0.25, -0.2) is 0 Å². The number of ketones is 1. The molecule has 3 aliphatic rings. The van der Waals surface area contributed by atoms with Crippen molar-refractivity contribution in [3.8, 4) is 6.07 Å². The number of carbonyl (C=O) groups is 2. The third kappa shape index (κ3) is 3.49. The SMILES string of the molecule is CN1/C(=C(\C#N)C(=O)COC(=O)C[C@@H]2C[C@H]3CC[C@@H]2C3)Sc2ccccc21. The van der Waals surface area contributed by atoms with Gasteiger partial charge in [0.15, 0.2) is 6.61 Å². The van der Waals surface area contributed by atoms with Crippen molar-refractivity contribution in [3.05, 3.63) is 34.9 Å². The number of esters is 1. The molecule has 2 bridgehead atoms. The molecule has 0 amide bonds. The van der Waals surface area contributed by atoms with E-state index in [-0.39, 0.29) is 18.1 Å². The van der Waals surface area contributed by atoms with Gasteiger partial charge in [-0.2, -0.15) is 5.26 Å². The lowest BCUT2D eigenvalue weighted by molar-refractivity contribution is -0.148. The molecule has 2 fully saturated rings. The lowest BCUT2D eigenvalue weighted by atomic mass is 9.86. The van der Waals surface area contributed by atoms with Crippen molar-refractivity contribution in [2.75, 3.05) is 18.6 Å². The van der Waals surface area contributed by atoms with E-state index in [1.54, 1.807) is 0 Å². The van der Waals surface area contributed by atoms with Gasteiger partial charge in [0, 0.05) is 18.4 Å². The zero-order chi connectivity index (χ0) is 19.0. The number of nitriles is 1. The molecule has 1 aromatic rings. The van der Waals surface area contributed by atoms with Crippen LogP contribution in [0.15, 0.2) is 39.8 Å². The van der Waals surface area contributed by atoms with Gasteiger partial charge < -0.3 is 9.64 Å². The normalized spacial score (nSPS) is 27.3. The van der Waals surface area contributed by atoms with Gasteiger partial charge in [0.25, 0.3) is 0 Å². The van der Waals surface area contributed by atoms with Crippen LogP contribution in [0.25, 0.3) is 0 Å². The third-order valence-corrected chi connectivity index (χ3v) is 7.26. The van der Waals surface area contributed by atoms with Crippen LogP contribution < -0.4 is 4.90 Å². The van der Waals surface area contributed by atoms with E-state index in [0.717, 1.165) is 22.9 Å². The van der Waals surface area contributed by atoms with Gasteiger partial charge in [0.05, 0.1) is 5.69 Å². The largest absolute Gasteiger partial charge is 0.457 e. The van der Waals surface area contributed by atoms with E-state index in [1.165, 1.54) is 31.0 Å². The molecule has 5 nitrogen and oxygen atoms in total. The molecule has 2 aliphatic carbocycles. The van der Waals surface area contributed by atoms with Crippen molar-refractivity contribution in [2.24, 2.45) is 17.8 Å². The topological polar surface area (TPSA) is 70.4 Å². The molecule has 0 unspecified atom stereocenters. The Morgan fingerprint density at radius 2 is 2.11 bits per heavy atom. The number of thioether (sulfide) groups is 1. The number of benzene rings is 1. The number of para-hydroxylation sites is 1. The molecule has 6 heteroatoms. The summed E-state index contributed by atoms with van der Waals surface area (Å²) in [7, 11) is 1.83. The molecule has 2 saturated carbocycles. The highest BCUT2D eigenvalue weighted by atomic mass is 32.2. The van der Waals surface area contributed by atoms with Crippen LogP contribution in [-0.2, 0) is 14.3 Å². The molecular weight excluding hydrogens is 360 g/mol. The van der Waals surface area contributed by atoms with E-state index in [1.807, 2.05) is 42.3 Å².